The van der Waals surface area contributed by atoms with Crippen LogP contribution in [0.2, 0.25) is 0 Å². The number of carbonyl (C=O) groups excluding carboxylic acids is 1. The van der Waals surface area contributed by atoms with Gasteiger partial charge in [0.05, 0.1) is 6.04 Å². The van der Waals surface area contributed by atoms with Crippen LogP contribution in [-0.2, 0) is 6.42 Å². The molecule has 2 aliphatic heterocycles. The van der Waals surface area contributed by atoms with Crippen LogP contribution in [0.1, 0.15) is 35.7 Å². The molecule has 0 spiro atoms. The first-order chi connectivity index (χ1) is 10.6. The van der Waals surface area contributed by atoms with Crippen molar-refractivity contribution in [2.24, 2.45) is 0 Å². The first kappa shape index (κ1) is 13.2. The number of hydrogen-bond acceptors (Lipinski definition) is 5. The maximum atomic E-state index is 13.9. The third-order valence-corrected chi connectivity index (χ3v) is 4.45. The molecule has 1 fully saturated rings. The smallest absolute Gasteiger partial charge is 0.314 e. The van der Waals surface area contributed by atoms with Crippen molar-refractivity contribution in [3.05, 3.63) is 35.0 Å². The minimum absolute atomic E-state index is 0.0173. The number of carbonyl (C=O) groups is 1. The summed E-state index contributed by atoms with van der Waals surface area (Å²) in [5.41, 5.74) is 2.01. The van der Waals surface area contributed by atoms with Gasteiger partial charge in [-0.05, 0) is 43.0 Å². The normalized spacial score (nSPS) is 22.5. The zero-order chi connectivity index (χ0) is 15.3. The Balaban J connectivity index is 1.64. The summed E-state index contributed by atoms with van der Waals surface area (Å²) in [6.07, 6.45) is 3.62. The third-order valence-electron chi connectivity index (χ3n) is 4.45. The number of halogens is 1. The molecule has 1 N–H and O–H groups in total. The number of rotatable bonds is 1. The van der Waals surface area contributed by atoms with Crippen LogP contribution in [0.25, 0.3) is 0 Å². The number of nitrogens with one attached hydrogen (secondary N) is 1. The van der Waals surface area contributed by atoms with Crippen molar-refractivity contribution in [3.8, 4) is 0 Å². The van der Waals surface area contributed by atoms with E-state index >= 15 is 0 Å². The Morgan fingerprint density at radius 1 is 1.45 bits per heavy atom. The molecule has 114 valence electrons. The van der Waals surface area contributed by atoms with Gasteiger partial charge in [-0.15, -0.1) is 0 Å². The summed E-state index contributed by atoms with van der Waals surface area (Å²) in [5, 5.41) is 10.0. The number of aromatic nitrogens is 3. The van der Waals surface area contributed by atoms with Crippen LogP contribution in [0.4, 0.5) is 15.0 Å². The highest BCUT2D eigenvalue weighted by Gasteiger charge is 2.43. The van der Waals surface area contributed by atoms with E-state index in [1.54, 1.807) is 17.9 Å². The second-order valence-electron chi connectivity index (χ2n) is 5.66. The number of pyridine rings is 1. The number of fused-ring (bicyclic) bond motifs is 4. The van der Waals surface area contributed by atoms with E-state index in [-0.39, 0.29) is 18.1 Å². The molecule has 0 saturated carbocycles. The van der Waals surface area contributed by atoms with Crippen LogP contribution in [-0.4, -0.2) is 32.3 Å². The van der Waals surface area contributed by atoms with E-state index in [2.05, 4.69) is 25.2 Å². The molecular formula is C14H14FN5O2. The lowest BCUT2D eigenvalue weighted by Crippen LogP contribution is -2.44. The third kappa shape index (κ3) is 1.87. The minimum Gasteiger partial charge on any atom is -0.314 e. The van der Waals surface area contributed by atoms with Gasteiger partial charge in [0.2, 0.25) is 11.8 Å². The molecule has 0 unspecified atom stereocenters. The summed E-state index contributed by atoms with van der Waals surface area (Å²) in [4.78, 5) is 18.1. The predicted octanol–water partition coefficient (Wildman–Crippen LogP) is 2.21. The highest BCUT2D eigenvalue weighted by molar-refractivity contribution is 5.89. The lowest BCUT2D eigenvalue weighted by atomic mass is 9.95. The molecule has 0 aliphatic carbocycles. The summed E-state index contributed by atoms with van der Waals surface area (Å²) in [7, 11) is 0. The zero-order valence-corrected chi connectivity index (χ0v) is 11.9. The zero-order valence-electron chi connectivity index (χ0n) is 11.9. The molecule has 0 radical (unpaired) electrons. The molecule has 1 saturated heterocycles. The molecule has 22 heavy (non-hydrogen) atoms. The van der Waals surface area contributed by atoms with Crippen LogP contribution in [0.5, 0.6) is 0 Å². The molecule has 7 nitrogen and oxygen atoms in total. The van der Waals surface area contributed by atoms with Crippen LogP contribution in [0.3, 0.4) is 0 Å². The Morgan fingerprint density at radius 3 is 3.09 bits per heavy atom. The molecule has 2 aliphatic rings. The fourth-order valence-corrected chi connectivity index (χ4v) is 3.44. The van der Waals surface area contributed by atoms with Crippen molar-refractivity contribution < 1.29 is 13.8 Å². The highest BCUT2D eigenvalue weighted by Crippen LogP contribution is 2.44. The Labute approximate surface area is 125 Å². The largest absolute Gasteiger partial charge is 0.323 e. The van der Waals surface area contributed by atoms with Gasteiger partial charge >= 0.3 is 6.03 Å². The second kappa shape index (κ2) is 4.75. The van der Waals surface area contributed by atoms with Gasteiger partial charge in [0.15, 0.2) is 0 Å². The van der Waals surface area contributed by atoms with Gasteiger partial charge in [0, 0.05) is 17.8 Å². The molecule has 4 rings (SSSR count). The van der Waals surface area contributed by atoms with E-state index in [1.165, 1.54) is 6.20 Å². The SMILES string of the molecule is Cc1nonc1NC(=O)N1[C@H]2CC[C@@H]1c1ccnc(F)c1C2. The van der Waals surface area contributed by atoms with Crippen molar-refractivity contribution in [1.29, 1.82) is 0 Å². The lowest BCUT2D eigenvalue weighted by molar-refractivity contribution is 0.178. The predicted molar refractivity (Wildman–Crippen MR) is 73.6 cm³/mol. The van der Waals surface area contributed by atoms with Gasteiger partial charge in [0.1, 0.15) is 5.69 Å². The van der Waals surface area contributed by atoms with Crippen molar-refractivity contribution >= 4 is 11.8 Å². The molecule has 8 heteroatoms. The van der Waals surface area contributed by atoms with Crippen molar-refractivity contribution in [2.75, 3.05) is 5.32 Å². The van der Waals surface area contributed by atoms with E-state index in [9.17, 15) is 9.18 Å². The fraction of sp³-hybridized carbons (Fsp3) is 0.429. The number of nitrogens with zero attached hydrogens (tertiary/aromatic N) is 4. The minimum atomic E-state index is -0.425. The lowest BCUT2D eigenvalue weighted by Gasteiger charge is -2.35. The molecule has 2 aromatic rings. The van der Waals surface area contributed by atoms with Crippen molar-refractivity contribution in [2.45, 2.75) is 38.3 Å². The number of amides is 2. The molecular weight excluding hydrogens is 289 g/mol. The Bertz CT molecular complexity index is 747. The van der Waals surface area contributed by atoms with Crippen LogP contribution in [0.15, 0.2) is 16.9 Å². The Hall–Kier alpha value is -2.51. The second-order valence-corrected chi connectivity index (χ2v) is 5.66. The number of anilines is 1. The molecule has 4 heterocycles. The number of hydrogen-bond donors (Lipinski definition) is 1. The van der Waals surface area contributed by atoms with Gasteiger partial charge in [0.25, 0.3) is 0 Å². The Morgan fingerprint density at radius 2 is 2.32 bits per heavy atom. The first-order valence-electron chi connectivity index (χ1n) is 7.17. The van der Waals surface area contributed by atoms with Crippen LogP contribution in [0, 0.1) is 12.9 Å². The standard InChI is InChI=1S/C14H14FN5O2/c1-7-13(19-22-18-7)17-14(21)20-8-2-3-11(20)9-4-5-16-12(15)10(9)6-8/h4-5,8,11H,2-3,6H2,1H3,(H,17,19,21)/t8-,11+/m0/s1. The van der Waals surface area contributed by atoms with Crippen LogP contribution < -0.4 is 5.32 Å². The monoisotopic (exact) mass is 303 g/mol. The highest BCUT2D eigenvalue weighted by atomic mass is 19.1. The van der Waals surface area contributed by atoms with Crippen molar-refractivity contribution in [3.63, 3.8) is 0 Å². The average Bonchev–Trinajstić information content (AvgIpc) is 3.04. The van der Waals surface area contributed by atoms with E-state index in [1.807, 2.05) is 0 Å². The van der Waals surface area contributed by atoms with Crippen molar-refractivity contribution in [1.82, 2.24) is 20.2 Å². The summed E-state index contributed by atoms with van der Waals surface area (Å²) in [6.45, 7) is 1.70. The topological polar surface area (TPSA) is 84.2 Å². The summed E-state index contributed by atoms with van der Waals surface area (Å²) in [5.74, 6) is -0.109. The van der Waals surface area contributed by atoms with E-state index in [0.717, 1.165) is 18.4 Å². The van der Waals surface area contributed by atoms with Gasteiger partial charge in [-0.1, -0.05) is 5.16 Å². The quantitative estimate of drug-likeness (QED) is 0.816. The maximum absolute atomic E-state index is 13.9. The number of urea groups is 1. The summed E-state index contributed by atoms with van der Waals surface area (Å²) < 4.78 is 18.5. The molecule has 0 aromatic carbocycles. The molecule has 2 atom stereocenters. The summed E-state index contributed by atoms with van der Waals surface area (Å²) in [6, 6.07) is 1.41. The van der Waals surface area contributed by atoms with E-state index < -0.39 is 5.95 Å². The Kier molecular flexibility index (Phi) is 2.85. The summed E-state index contributed by atoms with van der Waals surface area (Å²) >= 11 is 0. The van der Waals surface area contributed by atoms with Gasteiger partial charge in [-0.3, -0.25) is 5.32 Å². The molecule has 2 bridgehead atoms. The van der Waals surface area contributed by atoms with Crippen LogP contribution >= 0.6 is 0 Å². The molecule has 2 amide bonds. The first-order valence-corrected chi connectivity index (χ1v) is 7.17. The van der Waals surface area contributed by atoms with Gasteiger partial charge in [-0.2, -0.15) is 4.39 Å². The van der Waals surface area contributed by atoms with E-state index in [4.69, 9.17) is 0 Å². The van der Waals surface area contributed by atoms with E-state index in [0.29, 0.717) is 23.5 Å². The fourth-order valence-electron chi connectivity index (χ4n) is 3.44. The number of aryl methyl sites for hydroxylation is 1. The molecule has 2 aromatic heterocycles. The maximum Gasteiger partial charge on any atom is 0.323 e. The van der Waals surface area contributed by atoms with Gasteiger partial charge < -0.3 is 4.90 Å². The van der Waals surface area contributed by atoms with Gasteiger partial charge in [-0.25, -0.2) is 14.4 Å². The average molecular weight is 303 g/mol.